The van der Waals surface area contributed by atoms with E-state index >= 15 is 0 Å². The topological polar surface area (TPSA) is 58.6 Å². The number of anilines is 2. The molecule has 0 aliphatic carbocycles. The lowest BCUT2D eigenvalue weighted by molar-refractivity contribution is -0.125. The van der Waals surface area contributed by atoms with Crippen molar-refractivity contribution in [2.75, 3.05) is 23.8 Å². The maximum absolute atomic E-state index is 12.2. The molecule has 0 radical (unpaired) electrons. The van der Waals surface area contributed by atoms with Crippen molar-refractivity contribution >= 4 is 23.1 Å². The van der Waals surface area contributed by atoms with Gasteiger partial charge in [0.1, 0.15) is 11.5 Å². The molecule has 1 N–H and O–H groups in total. The summed E-state index contributed by atoms with van der Waals surface area (Å²) in [5.41, 5.74) is 1.62. The van der Waals surface area contributed by atoms with Crippen molar-refractivity contribution in [1.82, 2.24) is 0 Å². The van der Waals surface area contributed by atoms with E-state index in [9.17, 15) is 9.59 Å². The summed E-state index contributed by atoms with van der Waals surface area (Å²) in [7, 11) is 1.82. The van der Waals surface area contributed by atoms with Crippen molar-refractivity contribution in [3.05, 3.63) is 18.2 Å². The Morgan fingerprint density at radius 2 is 2.21 bits per heavy atom. The monoisotopic (exact) mass is 262 g/mol. The van der Waals surface area contributed by atoms with Crippen LogP contribution < -0.4 is 15.0 Å². The molecule has 1 unspecified atom stereocenters. The van der Waals surface area contributed by atoms with Crippen LogP contribution in [-0.4, -0.2) is 31.4 Å². The highest BCUT2D eigenvalue weighted by molar-refractivity contribution is 6.00. The van der Waals surface area contributed by atoms with E-state index in [0.29, 0.717) is 18.7 Å². The second-order valence-electron chi connectivity index (χ2n) is 4.63. The van der Waals surface area contributed by atoms with Gasteiger partial charge in [-0.15, -0.1) is 0 Å². The Hall–Kier alpha value is -2.04. The van der Waals surface area contributed by atoms with Crippen molar-refractivity contribution in [2.45, 2.75) is 26.4 Å². The number of hydrogen-bond donors (Lipinski definition) is 1. The van der Waals surface area contributed by atoms with E-state index in [2.05, 4.69) is 5.32 Å². The molecule has 2 rings (SSSR count). The molecule has 19 heavy (non-hydrogen) atoms. The first-order valence-electron chi connectivity index (χ1n) is 6.32. The molecule has 1 amide bonds. The van der Waals surface area contributed by atoms with Crippen molar-refractivity contribution in [3.8, 4) is 5.75 Å². The van der Waals surface area contributed by atoms with Crippen LogP contribution in [0.4, 0.5) is 11.4 Å². The van der Waals surface area contributed by atoms with Gasteiger partial charge in [0.05, 0.1) is 5.69 Å². The van der Waals surface area contributed by atoms with E-state index < -0.39 is 6.10 Å². The standard InChI is InChI=1S/C14H18N2O3/c1-9(17)6-7-16-12-8-11(15-3)4-5-13(12)19-10(2)14(16)18/h4-5,8,10,15H,6-7H2,1-3H3. The van der Waals surface area contributed by atoms with E-state index in [0.717, 1.165) is 11.4 Å². The zero-order valence-corrected chi connectivity index (χ0v) is 11.4. The summed E-state index contributed by atoms with van der Waals surface area (Å²) in [6.45, 7) is 3.64. The highest BCUT2D eigenvalue weighted by Gasteiger charge is 2.31. The largest absolute Gasteiger partial charge is 0.479 e. The van der Waals surface area contributed by atoms with Gasteiger partial charge in [-0.1, -0.05) is 0 Å². The summed E-state index contributed by atoms with van der Waals surface area (Å²) in [6.07, 6.45) is -0.165. The van der Waals surface area contributed by atoms with Gasteiger partial charge < -0.3 is 15.0 Å². The third kappa shape index (κ3) is 2.70. The number of carbonyl (C=O) groups excluding carboxylic acids is 2. The first kappa shape index (κ1) is 13.4. The van der Waals surface area contributed by atoms with Crippen LogP contribution in [0.3, 0.4) is 0 Å². The predicted molar refractivity (Wildman–Crippen MR) is 73.7 cm³/mol. The Kier molecular flexibility index (Phi) is 3.74. The van der Waals surface area contributed by atoms with Crippen LogP contribution in [0.2, 0.25) is 0 Å². The van der Waals surface area contributed by atoms with Crippen molar-refractivity contribution in [3.63, 3.8) is 0 Å². The molecular formula is C14H18N2O3. The summed E-state index contributed by atoms with van der Waals surface area (Å²) >= 11 is 0. The molecule has 1 aromatic carbocycles. The molecule has 1 atom stereocenters. The first-order valence-corrected chi connectivity index (χ1v) is 6.32. The maximum atomic E-state index is 12.2. The molecule has 5 heteroatoms. The number of nitrogens with one attached hydrogen (secondary N) is 1. The molecule has 1 heterocycles. The van der Waals surface area contributed by atoms with E-state index in [1.54, 1.807) is 11.8 Å². The van der Waals surface area contributed by atoms with Gasteiger partial charge in [-0.2, -0.15) is 0 Å². The van der Waals surface area contributed by atoms with Crippen molar-refractivity contribution in [1.29, 1.82) is 0 Å². The minimum Gasteiger partial charge on any atom is -0.479 e. The molecule has 102 valence electrons. The van der Waals surface area contributed by atoms with E-state index in [1.807, 2.05) is 25.2 Å². The van der Waals surface area contributed by atoms with Gasteiger partial charge in [0, 0.05) is 25.7 Å². The number of ether oxygens (including phenoxy) is 1. The van der Waals surface area contributed by atoms with Crippen LogP contribution in [0.15, 0.2) is 18.2 Å². The lowest BCUT2D eigenvalue weighted by Crippen LogP contribution is -2.45. The molecule has 0 aromatic heterocycles. The lowest BCUT2D eigenvalue weighted by atomic mass is 10.1. The number of nitrogens with zero attached hydrogens (tertiary/aromatic N) is 1. The Morgan fingerprint density at radius 1 is 1.47 bits per heavy atom. The molecule has 0 bridgehead atoms. The number of ketones is 1. The molecule has 1 aliphatic rings. The molecule has 0 saturated carbocycles. The molecule has 1 aliphatic heterocycles. The Morgan fingerprint density at radius 3 is 2.84 bits per heavy atom. The smallest absolute Gasteiger partial charge is 0.267 e. The second kappa shape index (κ2) is 5.30. The molecule has 0 fully saturated rings. The first-order chi connectivity index (χ1) is 9.02. The fraction of sp³-hybridized carbons (Fsp3) is 0.429. The summed E-state index contributed by atoms with van der Waals surface area (Å²) in [5, 5.41) is 3.03. The summed E-state index contributed by atoms with van der Waals surface area (Å²) < 4.78 is 5.58. The van der Waals surface area contributed by atoms with Gasteiger partial charge in [0.2, 0.25) is 0 Å². The normalized spacial score (nSPS) is 17.7. The fourth-order valence-electron chi connectivity index (χ4n) is 2.06. The van der Waals surface area contributed by atoms with Crippen molar-refractivity contribution < 1.29 is 14.3 Å². The quantitative estimate of drug-likeness (QED) is 0.899. The summed E-state index contributed by atoms with van der Waals surface area (Å²) in [6, 6.07) is 5.59. The third-order valence-electron chi connectivity index (χ3n) is 3.14. The lowest BCUT2D eigenvalue weighted by Gasteiger charge is -2.33. The van der Waals surface area contributed by atoms with Gasteiger partial charge >= 0.3 is 0 Å². The SMILES string of the molecule is CNc1ccc2c(c1)N(CCC(C)=O)C(=O)C(C)O2. The Labute approximate surface area is 112 Å². The van der Waals surface area contributed by atoms with Gasteiger partial charge in [0.25, 0.3) is 5.91 Å². The van der Waals surface area contributed by atoms with Crippen LogP contribution in [0.1, 0.15) is 20.3 Å². The molecular weight excluding hydrogens is 244 g/mol. The number of fused-ring (bicyclic) bond motifs is 1. The maximum Gasteiger partial charge on any atom is 0.267 e. The predicted octanol–water partition coefficient (Wildman–Crippen LogP) is 1.82. The van der Waals surface area contributed by atoms with E-state index in [-0.39, 0.29) is 11.7 Å². The molecule has 5 nitrogen and oxygen atoms in total. The third-order valence-corrected chi connectivity index (χ3v) is 3.14. The number of carbonyl (C=O) groups is 2. The van der Waals surface area contributed by atoms with Crippen LogP contribution in [0.25, 0.3) is 0 Å². The van der Waals surface area contributed by atoms with E-state index in [4.69, 9.17) is 4.74 Å². The minimum atomic E-state index is -0.514. The molecule has 0 spiro atoms. The van der Waals surface area contributed by atoms with Gasteiger partial charge in [-0.05, 0) is 32.0 Å². The highest BCUT2D eigenvalue weighted by Crippen LogP contribution is 2.36. The molecule has 0 saturated heterocycles. The molecule has 1 aromatic rings. The van der Waals surface area contributed by atoms with Gasteiger partial charge in [-0.3, -0.25) is 9.59 Å². The minimum absolute atomic E-state index is 0.0678. The van der Waals surface area contributed by atoms with Gasteiger partial charge in [-0.25, -0.2) is 0 Å². The van der Waals surface area contributed by atoms with Gasteiger partial charge in [0.15, 0.2) is 6.10 Å². The highest BCUT2D eigenvalue weighted by atomic mass is 16.5. The second-order valence-corrected chi connectivity index (χ2v) is 4.63. The van der Waals surface area contributed by atoms with Crippen molar-refractivity contribution in [2.24, 2.45) is 0 Å². The number of rotatable bonds is 4. The number of Topliss-reactive ketones (excluding diaryl/α,β-unsaturated/α-hetero) is 1. The summed E-state index contributed by atoms with van der Waals surface area (Å²) in [4.78, 5) is 24.9. The average molecular weight is 262 g/mol. The Balaban J connectivity index is 2.35. The number of amides is 1. The zero-order chi connectivity index (χ0) is 14.0. The van der Waals surface area contributed by atoms with Crippen LogP contribution >= 0.6 is 0 Å². The number of hydrogen-bond acceptors (Lipinski definition) is 4. The Bertz CT molecular complexity index is 513. The zero-order valence-electron chi connectivity index (χ0n) is 11.4. The fourth-order valence-corrected chi connectivity index (χ4v) is 2.06. The summed E-state index contributed by atoms with van der Waals surface area (Å²) in [5.74, 6) is 0.634. The van der Waals surface area contributed by atoms with Crippen LogP contribution in [0, 0.1) is 0 Å². The van der Waals surface area contributed by atoms with Crippen LogP contribution in [-0.2, 0) is 9.59 Å². The average Bonchev–Trinajstić information content (AvgIpc) is 2.38. The van der Waals surface area contributed by atoms with E-state index in [1.165, 1.54) is 6.92 Å². The number of benzene rings is 1. The van der Waals surface area contributed by atoms with Crippen LogP contribution in [0.5, 0.6) is 5.75 Å².